The Hall–Kier alpha value is -1.11. The van der Waals surface area contributed by atoms with Crippen molar-refractivity contribution in [3.05, 3.63) is 62.7 Å². The average Bonchev–Trinajstić information content (AvgIpc) is 2.63. The van der Waals surface area contributed by atoms with Gasteiger partial charge < -0.3 is 10.0 Å². The number of hydrogen-bond acceptors (Lipinski definition) is 3. The second-order valence-electron chi connectivity index (χ2n) is 7.23. The molecule has 25 heavy (non-hydrogen) atoms. The molecule has 2 aromatic carbocycles. The van der Waals surface area contributed by atoms with Gasteiger partial charge in [-0.15, -0.1) is 0 Å². The number of para-hydroxylation sites is 1. The average molecular weight is 448 g/mol. The molecule has 1 aliphatic heterocycles. The largest absolute Gasteiger partial charge is 0.391 e. The van der Waals surface area contributed by atoms with E-state index in [1.165, 1.54) is 25.9 Å². The molecule has 1 fully saturated rings. The highest BCUT2D eigenvalue weighted by Crippen LogP contribution is 2.29. The maximum absolute atomic E-state index is 10.8. The maximum Gasteiger partial charge on any atom is 0.0739 e. The smallest absolute Gasteiger partial charge is 0.0739 e. The molecule has 132 valence electrons. The quantitative estimate of drug-likeness (QED) is 0.715. The number of aliphatic hydroxyl groups excluding tert-OH is 1. The molecule has 2 aromatic rings. The van der Waals surface area contributed by atoms with Gasteiger partial charge in [-0.25, -0.2) is 0 Å². The minimum absolute atomic E-state index is 0.254. The number of hydrogen-bond donors (Lipinski definition) is 1. The molecule has 4 rings (SSSR count). The van der Waals surface area contributed by atoms with E-state index < -0.39 is 0 Å². The molecule has 0 saturated carbocycles. The number of aryl methyl sites for hydroxylation is 1. The van der Waals surface area contributed by atoms with Gasteiger partial charge in [-0.05, 0) is 64.8 Å². The van der Waals surface area contributed by atoms with Crippen molar-refractivity contribution in [3.8, 4) is 0 Å². The first-order chi connectivity index (χ1) is 12.1. The van der Waals surface area contributed by atoms with Crippen LogP contribution >= 0.6 is 22.6 Å². The van der Waals surface area contributed by atoms with Crippen molar-refractivity contribution in [1.29, 1.82) is 0 Å². The van der Waals surface area contributed by atoms with Gasteiger partial charge >= 0.3 is 0 Å². The van der Waals surface area contributed by atoms with Gasteiger partial charge in [-0.3, -0.25) is 4.90 Å². The van der Waals surface area contributed by atoms with Crippen LogP contribution in [-0.4, -0.2) is 48.3 Å². The molecule has 3 nitrogen and oxygen atoms in total. The zero-order valence-electron chi connectivity index (χ0n) is 14.7. The number of fused-ring (bicyclic) bond motifs is 1. The fraction of sp³-hybridized carbons (Fsp3) is 0.429. The minimum atomic E-state index is -0.256. The molecule has 0 aromatic heterocycles. The summed E-state index contributed by atoms with van der Waals surface area (Å²) < 4.78 is 1.29. The van der Waals surface area contributed by atoms with Crippen molar-refractivity contribution >= 4 is 28.3 Å². The van der Waals surface area contributed by atoms with Gasteiger partial charge in [-0.2, -0.15) is 0 Å². The lowest BCUT2D eigenvalue weighted by Crippen LogP contribution is -2.56. The summed E-state index contributed by atoms with van der Waals surface area (Å²) in [4.78, 5) is 4.99. The molecule has 1 N–H and O–H groups in total. The van der Waals surface area contributed by atoms with Crippen molar-refractivity contribution in [1.82, 2.24) is 4.90 Å². The number of halogens is 1. The molecular formula is C21H25IN2O. The van der Waals surface area contributed by atoms with E-state index in [4.69, 9.17) is 0 Å². The normalized spacial score (nSPS) is 24.2. The summed E-state index contributed by atoms with van der Waals surface area (Å²) in [5, 5.41) is 10.8. The molecule has 1 aliphatic carbocycles. The van der Waals surface area contributed by atoms with E-state index in [0.717, 1.165) is 39.0 Å². The van der Waals surface area contributed by atoms with Crippen LogP contribution in [0.1, 0.15) is 16.7 Å². The molecule has 0 amide bonds. The fourth-order valence-corrected chi connectivity index (χ4v) is 5.09. The predicted octanol–water partition coefficient (Wildman–Crippen LogP) is 3.25. The van der Waals surface area contributed by atoms with E-state index in [-0.39, 0.29) is 12.1 Å². The van der Waals surface area contributed by atoms with Gasteiger partial charge in [0, 0.05) is 47.9 Å². The van der Waals surface area contributed by atoms with Crippen LogP contribution in [0.25, 0.3) is 0 Å². The highest BCUT2D eigenvalue weighted by molar-refractivity contribution is 14.1. The Morgan fingerprint density at radius 1 is 0.960 bits per heavy atom. The molecule has 2 aliphatic rings. The second kappa shape index (κ2) is 7.25. The number of piperazine rings is 1. The maximum atomic E-state index is 10.8. The summed E-state index contributed by atoms with van der Waals surface area (Å²) in [6.45, 7) is 6.30. The van der Waals surface area contributed by atoms with Crippen LogP contribution in [-0.2, 0) is 12.8 Å². The predicted molar refractivity (Wildman–Crippen MR) is 111 cm³/mol. The molecule has 1 saturated heterocycles. The van der Waals surface area contributed by atoms with E-state index in [9.17, 15) is 5.11 Å². The van der Waals surface area contributed by atoms with Crippen LogP contribution in [0.5, 0.6) is 0 Å². The molecule has 4 heteroatoms. The van der Waals surface area contributed by atoms with Crippen LogP contribution in [0, 0.1) is 10.5 Å². The third kappa shape index (κ3) is 3.44. The van der Waals surface area contributed by atoms with Crippen molar-refractivity contribution in [2.24, 2.45) is 0 Å². The van der Waals surface area contributed by atoms with E-state index >= 15 is 0 Å². The Kier molecular flexibility index (Phi) is 5.02. The lowest BCUT2D eigenvalue weighted by atomic mass is 9.85. The standard InChI is InChI=1S/C21H25IN2O/c1-15-5-2-3-8-19(15)23-9-11-24(12-10-23)20-13-16-6-4-7-18(22)17(16)14-21(20)25/h2-8,20-21,25H,9-14H2,1H3/t20-,21-/m1/s1. The number of rotatable bonds is 2. The van der Waals surface area contributed by atoms with Gasteiger partial charge in [-0.1, -0.05) is 30.3 Å². The van der Waals surface area contributed by atoms with E-state index in [0.29, 0.717) is 0 Å². The van der Waals surface area contributed by atoms with E-state index in [1.807, 2.05) is 0 Å². The molecule has 2 atom stereocenters. The van der Waals surface area contributed by atoms with Gasteiger partial charge in [0.2, 0.25) is 0 Å². The number of benzene rings is 2. The number of nitrogens with zero attached hydrogens (tertiary/aromatic N) is 2. The Bertz CT molecular complexity index is 755. The zero-order valence-corrected chi connectivity index (χ0v) is 16.8. The Labute approximate surface area is 163 Å². The van der Waals surface area contributed by atoms with Gasteiger partial charge in [0.15, 0.2) is 0 Å². The first kappa shape index (κ1) is 17.3. The van der Waals surface area contributed by atoms with Crippen LogP contribution in [0.2, 0.25) is 0 Å². The summed E-state index contributed by atoms with van der Waals surface area (Å²) in [6, 6.07) is 15.4. The fourth-order valence-electron chi connectivity index (χ4n) is 4.31. The first-order valence-corrected chi connectivity index (χ1v) is 10.2. The van der Waals surface area contributed by atoms with Crippen molar-refractivity contribution in [3.63, 3.8) is 0 Å². The topological polar surface area (TPSA) is 26.7 Å². The molecule has 0 spiro atoms. The molecule has 0 unspecified atom stereocenters. The monoisotopic (exact) mass is 448 g/mol. The highest BCUT2D eigenvalue weighted by atomic mass is 127. The van der Waals surface area contributed by atoms with E-state index in [1.54, 1.807) is 0 Å². The zero-order chi connectivity index (χ0) is 17.4. The lowest BCUT2D eigenvalue weighted by molar-refractivity contribution is 0.0393. The van der Waals surface area contributed by atoms with Gasteiger partial charge in [0.05, 0.1) is 6.10 Å². The molecule has 0 radical (unpaired) electrons. The van der Waals surface area contributed by atoms with Crippen molar-refractivity contribution < 1.29 is 5.11 Å². The molecular weight excluding hydrogens is 423 g/mol. The highest BCUT2D eigenvalue weighted by Gasteiger charge is 2.34. The molecule has 0 bridgehead atoms. The second-order valence-corrected chi connectivity index (χ2v) is 8.39. The summed E-state index contributed by atoms with van der Waals surface area (Å²) in [7, 11) is 0. The number of anilines is 1. The summed E-state index contributed by atoms with van der Waals surface area (Å²) in [5.74, 6) is 0. The van der Waals surface area contributed by atoms with Crippen molar-refractivity contribution in [2.45, 2.75) is 31.9 Å². The SMILES string of the molecule is Cc1ccccc1N1CCN([C@@H]2Cc3cccc(I)c3C[C@H]2O)CC1. The Morgan fingerprint density at radius 2 is 1.72 bits per heavy atom. The first-order valence-electron chi connectivity index (χ1n) is 9.12. The Balaban J connectivity index is 1.45. The minimum Gasteiger partial charge on any atom is -0.391 e. The lowest BCUT2D eigenvalue weighted by Gasteiger charge is -2.44. The third-order valence-electron chi connectivity index (χ3n) is 5.74. The molecule has 1 heterocycles. The summed E-state index contributed by atoms with van der Waals surface area (Å²) >= 11 is 2.40. The van der Waals surface area contributed by atoms with Crippen LogP contribution in [0.15, 0.2) is 42.5 Å². The van der Waals surface area contributed by atoms with E-state index in [2.05, 4.69) is 81.8 Å². The summed E-state index contributed by atoms with van der Waals surface area (Å²) in [5.41, 5.74) is 5.47. The summed E-state index contributed by atoms with van der Waals surface area (Å²) in [6.07, 6.45) is 1.50. The van der Waals surface area contributed by atoms with Gasteiger partial charge in [0.1, 0.15) is 0 Å². The van der Waals surface area contributed by atoms with Crippen molar-refractivity contribution in [2.75, 3.05) is 31.1 Å². The third-order valence-corrected chi connectivity index (χ3v) is 6.75. The van der Waals surface area contributed by atoms with Gasteiger partial charge in [0.25, 0.3) is 0 Å². The van der Waals surface area contributed by atoms with Crippen LogP contribution < -0.4 is 4.90 Å². The Morgan fingerprint density at radius 3 is 2.48 bits per heavy atom. The van der Waals surface area contributed by atoms with Crippen LogP contribution in [0.3, 0.4) is 0 Å². The van der Waals surface area contributed by atoms with Crippen LogP contribution in [0.4, 0.5) is 5.69 Å². The number of aliphatic hydroxyl groups is 1.